The van der Waals surface area contributed by atoms with Gasteiger partial charge >= 0.3 is 5.97 Å². The molecule has 27 heavy (non-hydrogen) atoms. The van der Waals surface area contributed by atoms with Crippen molar-refractivity contribution >= 4 is 17.6 Å². The number of ether oxygens (including phenoxy) is 2. The number of amides is 1. The van der Waals surface area contributed by atoms with Crippen molar-refractivity contribution in [1.29, 1.82) is 0 Å². The van der Waals surface area contributed by atoms with Crippen LogP contribution in [0.3, 0.4) is 0 Å². The Balaban J connectivity index is 2.00. The van der Waals surface area contributed by atoms with Crippen molar-refractivity contribution in [2.24, 2.45) is 0 Å². The van der Waals surface area contributed by atoms with E-state index in [9.17, 15) is 19.7 Å². The average Bonchev–Trinajstić information content (AvgIpc) is 2.66. The number of methoxy groups -OCH3 is 1. The van der Waals surface area contributed by atoms with E-state index in [1.54, 1.807) is 20.2 Å². The number of carbonyl (C=O) groups excluding carboxylic acids is 2. The predicted octanol–water partition coefficient (Wildman–Crippen LogP) is 2.73. The molecule has 0 spiro atoms. The molecule has 0 bridgehead atoms. The summed E-state index contributed by atoms with van der Waals surface area (Å²) in [5, 5.41) is 11.0. The van der Waals surface area contributed by atoms with Gasteiger partial charge in [-0.3, -0.25) is 14.9 Å². The predicted molar refractivity (Wildman–Crippen MR) is 97.6 cm³/mol. The van der Waals surface area contributed by atoms with Gasteiger partial charge in [0.05, 0.1) is 17.6 Å². The number of carbonyl (C=O) groups is 2. The van der Waals surface area contributed by atoms with Crippen LogP contribution in [0, 0.1) is 17.0 Å². The maximum atomic E-state index is 12.2. The van der Waals surface area contributed by atoms with Crippen LogP contribution in [0.4, 0.5) is 5.69 Å². The number of nitrogens with zero attached hydrogens (tertiary/aromatic N) is 2. The topological polar surface area (TPSA) is 99.0 Å². The lowest BCUT2D eigenvalue weighted by molar-refractivity contribution is -0.385. The summed E-state index contributed by atoms with van der Waals surface area (Å²) in [7, 11) is 3.13. The second-order valence-corrected chi connectivity index (χ2v) is 5.84. The zero-order chi connectivity index (χ0) is 20.0. The quantitative estimate of drug-likeness (QED) is 0.421. The highest BCUT2D eigenvalue weighted by Crippen LogP contribution is 2.22. The summed E-state index contributed by atoms with van der Waals surface area (Å²) in [5.74, 6) is -0.533. The number of nitro benzene ring substituents is 1. The number of benzene rings is 2. The Bertz CT molecular complexity index is 865. The molecule has 142 valence electrons. The van der Waals surface area contributed by atoms with E-state index in [2.05, 4.69) is 0 Å². The second kappa shape index (κ2) is 8.79. The molecule has 0 heterocycles. The van der Waals surface area contributed by atoms with E-state index in [0.29, 0.717) is 5.75 Å². The minimum absolute atomic E-state index is 0.0596. The zero-order valence-corrected chi connectivity index (χ0v) is 15.3. The van der Waals surface area contributed by atoms with Gasteiger partial charge in [0.25, 0.3) is 11.6 Å². The van der Waals surface area contributed by atoms with E-state index in [0.717, 1.165) is 5.56 Å². The molecule has 1 amide bonds. The van der Waals surface area contributed by atoms with Gasteiger partial charge in [-0.1, -0.05) is 24.3 Å². The van der Waals surface area contributed by atoms with E-state index in [-0.39, 0.29) is 23.4 Å². The summed E-state index contributed by atoms with van der Waals surface area (Å²) in [6, 6.07) is 11.4. The molecule has 8 heteroatoms. The van der Waals surface area contributed by atoms with Crippen LogP contribution < -0.4 is 4.74 Å². The highest BCUT2D eigenvalue weighted by molar-refractivity contribution is 5.93. The fourth-order valence-corrected chi connectivity index (χ4v) is 2.53. The van der Waals surface area contributed by atoms with Crippen molar-refractivity contribution < 1.29 is 24.0 Å². The lowest BCUT2D eigenvalue weighted by Crippen LogP contribution is -2.31. The van der Waals surface area contributed by atoms with Crippen LogP contribution in [0.15, 0.2) is 42.5 Å². The summed E-state index contributed by atoms with van der Waals surface area (Å²) in [6.45, 7) is 1.28. The Kier molecular flexibility index (Phi) is 6.48. The number of rotatable bonds is 7. The molecule has 0 aromatic heterocycles. The largest absolute Gasteiger partial charge is 0.496 e. The summed E-state index contributed by atoms with van der Waals surface area (Å²) < 4.78 is 10.3. The Hall–Kier alpha value is -3.42. The van der Waals surface area contributed by atoms with Crippen molar-refractivity contribution in [3.8, 4) is 5.75 Å². The molecule has 0 saturated heterocycles. The Morgan fingerprint density at radius 3 is 2.52 bits per heavy atom. The average molecular weight is 372 g/mol. The Labute approximate surface area is 156 Å². The molecule has 0 unspecified atom stereocenters. The minimum atomic E-state index is -0.782. The molecule has 2 rings (SSSR count). The van der Waals surface area contributed by atoms with E-state index in [1.165, 1.54) is 30.0 Å². The number of likely N-dealkylation sites (N-methyl/N-ethyl adjacent to an activating group) is 1. The van der Waals surface area contributed by atoms with Crippen molar-refractivity contribution in [2.45, 2.75) is 13.5 Å². The lowest BCUT2D eigenvalue weighted by atomic mass is 10.1. The monoisotopic (exact) mass is 372 g/mol. The second-order valence-electron chi connectivity index (χ2n) is 5.84. The minimum Gasteiger partial charge on any atom is -0.496 e. The first-order chi connectivity index (χ1) is 12.8. The molecule has 0 aliphatic rings. The summed E-state index contributed by atoms with van der Waals surface area (Å²) in [4.78, 5) is 36.2. The SMILES string of the molecule is COc1ccccc1CN(C)C(=O)COC(=O)c1cccc([N+](=O)[O-])c1C. The van der Waals surface area contributed by atoms with Gasteiger partial charge in [0.15, 0.2) is 6.61 Å². The fraction of sp³-hybridized carbons (Fsp3) is 0.263. The number of hydrogen-bond acceptors (Lipinski definition) is 6. The molecule has 0 atom stereocenters. The van der Waals surface area contributed by atoms with Crippen LogP contribution in [0.5, 0.6) is 5.75 Å². The van der Waals surface area contributed by atoms with Crippen molar-refractivity contribution in [2.75, 3.05) is 20.8 Å². The summed E-state index contributed by atoms with van der Waals surface area (Å²) in [6.07, 6.45) is 0. The first kappa shape index (κ1) is 19.9. The van der Waals surface area contributed by atoms with Crippen molar-refractivity contribution in [1.82, 2.24) is 4.90 Å². The lowest BCUT2D eigenvalue weighted by Gasteiger charge is -2.18. The Morgan fingerprint density at radius 1 is 1.15 bits per heavy atom. The zero-order valence-electron chi connectivity index (χ0n) is 15.3. The maximum absolute atomic E-state index is 12.2. The van der Waals surface area contributed by atoms with Crippen LogP contribution in [0.1, 0.15) is 21.5 Å². The van der Waals surface area contributed by atoms with Gasteiger partial charge in [-0.15, -0.1) is 0 Å². The summed E-state index contributed by atoms with van der Waals surface area (Å²) >= 11 is 0. The highest BCUT2D eigenvalue weighted by atomic mass is 16.6. The standard InChI is InChI=1S/C19H20N2O6/c1-13-15(8-6-9-16(13)21(24)25)19(23)27-12-18(22)20(2)11-14-7-4-5-10-17(14)26-3/h4-10H,11-12H2,1-3H3. The van der Waals surface area contributed by atoms with E-state index >= 15 is 0 Å². The van der Waals surface area contributed by atoms with Crippen LogP contribution in [0.2, 0.25) is 0 Å². The number of esters is 1. The first-order valence-electron chi connectivity index (χ1n) is 8.12. The molecule has 8 nitrogen and oxygen atoms in total. The molecule has 0 saturated carbocycles. The van der Waals surface area contributed by atoms with E-state index in [1.807, 2.05) is 18.2 Å². The molecule has 0 aliphatic carbocycles. The third-order valence-electron chi connectivity index (χ3n) is 4.07. The number of hydrogen-bond donors (Lipinski definition) is 0. The number of para-hydroxylation sites is 1. The van der Waals surface area contributed by atoms with Gasteiger partial charge in [-0.2, -0.15) is 0 Å². The van der Waals surface area contributed by atoms with Crippen molar-refractivity contribution in [3.63, 3.8) is 0 Å². The van der Waals surface area contributed by atoms with Crippen LogP contribution in [-0.2, 0) is 16.1 Å². The van der Waals surface area contributed by atoms with Gasteiger partial charge in [0.2, 0.25) is 0 Å². The van der Waals surface area contributed by atoms with Gasteiger partial charge in [-0.25, -0.2) is 4.79 Å². The summed E-state index contributed by atoms with van der Waals surface area (Å²) in [5.41, 5.74) is 0.896. The van der Waals surface area contributed by atoms with E-state index < -0.39 is 23.4 Å². The highest BCUT2D eigenvalue weighted by Gasteiger charge is 2.20. The van der Waals surface area contributed by atoms with Crippen LogP contribution >= 0.6 is 0 Å². The molecule has 0 aliphatic heterocycles. The van der Waals surface area contributed by atoms with E-state index in [4.69, 9.17) is 9.47 Å². The van der Waals surface area contributed by atoms with Gasteiger partial charge in [0, 0.05) is 30.8 Å². The molecular formula is C19H20N2O6. The van der Waals surface area contributed by atoms with Gasteiger partial charge < -0.3 is 14.4 Å². The smallest absolute Gasteiger partial charge is 0.339 e. The van der Waals surface area contributed by atoms with Gasteiger partial charge in [-0.05, 0) is 19.1 Å². The molecular weight excluding hydrogens is 352 g/mol. The molecule has 0 radical (unpaired) electrons. The molecule has 2 aromatic rings. The number of nitro groups is 1. The van der Waals surface area contributed by atoms with Crippen molar-refractivity contribution in [3.05, 3.63) is 69.3 Å². The fourth-order valence-electron chi connectivity index (χ4n) is 2.53. The Morgan fingerprint density at radius 2 is 1.85 bits per heavy atom. The normalized spacial score (nSPS) is 10.2. The molecule has 0 N–H and O–H groups in total. The first-order valence-corrected chi connectivity index (χ1v) is 8.12. The maximum Gasteiger partial charge on any atom is 0.339 e. The third-order valence-corrected chi connectivity index (χ3v) is 4.07. The van der Waals surface area contributed by atoms with Crippen LogP contribution in [-0.4, -0.2) is 42.5 Å². The van der Waals surface area contributed by atoms with Crippen LogP contribution in [0.25, 0.3) is 0 Å². The third kappa shape index (κ3) is 4.81. The molecule has 0 fully saturated rings. The molecule has 2 aromatic carbocycles. The van der Waals surface area contributed by atoms with Gasteiger partial charge in [0.1, 0.15) is 5.75 Å².